The van der Waals surface area contributed by atoms with Crippen molar-refractivity contribution in [1.29, 1.82) is 0 Å². The number of hydrogen-bond donors (Lipinski definition) is 0. The molecule has 2 heterocycles. The lowest BCUT2D eigenvalue weighted by molar-refractivity contribution is 0.209. The molecule has 33 heavy (non-hydrogen) atoms. The van der Waals surface area contributed by atoms with Crippen molar-refractivity contribution in [2.24, 2.45) is 0 Å². The van der Waals surface area contributed by atoms with Gasteiger partial charge in [0.05, 0.1) is 7.11 Å². The zero-order valence-electron chi connectivity index (χ0n) is 19.9. The summed E-state index contributed by atoms with van der Waals surface area (Å²) < 4.78 is 5.30. The van der Waals surface area contributed by atoms with Gasteiger partial charge in [0.25, 0.3) is 0 Å². The largest absolute Gasteiger partial charge is 0.497 e. The predicted molar refractivity (Wildman–Crippen MR) is 140 cm³/mol. The molecule has 0 N–H and O–H groups in total. The first-order chi connectivity index (χ1) is 16.1. The van der Waals surface area contributed by atoms with Crippen LogP contribution in [0.15, 0.2) is 72.8 Å². The second-order valence-electron chi connectivity index (χ2n) is 9.15. The molecule has 0 spiro atoms. The van der Waals surface area contributed by atoms with Gasteiger partial charge in [0.1, 0.15) is 5.75 Å². The molecule has 170 valence electrons. The van der Waals surface area contributed by atoms with Crippen molar-refractivity contribution >= 4 is 23.1 Å². The Hall–Kier alpha value is -3.24. The van der Waals surface area contributed by atoms with E-state index in [9.17, 15) is 0 Å². The summed E-state index contributed by atoms with van der Waals surface area (Å²) in [5.74, 6) is 0.882. The van der Waals surface area contributed by atoms with Crippen molar-refractivity contribution in [1.82, 2.24) is 4.90 Å². The van der Waals surface area contributed by atoms with Crippen LogP contribution in [-0.4, -0.2) is 50.8 Å². The summed E-state index contributed by atoms with van der Waals surface area (Å²) in [4.78, 5) is 7.46. The Morgan fingerprint density at radius 1 is 0.758 bits per heavy atom. The van der Waals surface area contributed by atoms with E-state index in [1.807, 2.05) is 12.1 Å². The molecule has 0 aromatic heterocycles. The minimum absolute atomic E-state index is 0.631. The number of rotatable bonds is 5. The third kappa shape index (κ3) is 4.49. The average molecular weight is 440 g/mol. The molecular formula is C29H33N3O. The van der Waals surface area contributed by atoms with E-state index in [1.165, 1.54) is 33.8 Å². The molecule has 0 saturated carbocycles. The maximum absolute atomic E-state index is 5.30. The van der Waals surface area contributed by atoms with Crippen molar-refractivity contribution in [2.45, 2.75) is 19.9 Å². The van der Waals surface area contributed by atoms with E-state index < -0.39 is 0 Å². The molecule has 4 heteroatoms. The highest BCUT2D eigenvalue weighted by atomic mass is 16.5. The zero-order chi connectivity index (χ0) is 22.8. The molecule has 4 nitrogen and oxygen atoms in total. The van der Waals surface area contributed by atoms with Gasteiger partial charge in [0, 0.05) is 55.8 Å². The molecule has 0 unspecified atom stereocenters. The Kier molecular flexibility index (Phi) is 6.10. The van der Waals surface area contributed by atoms with E-state index in [0.717, 1.165) is 38.5 Å². The Morgan fingerprint density at radius 3 is 2.09 bits per heavy atom. The number of piperazine rings is 1. The number of nitrogens with zero attached hydrogens (tertiary/aromatic N) is 3. The van der Waals surface area contributed by atoms with Crippen molar-refractivity contribution in [3.05, 3.63) is 78.4 Å². The molecule has 0 atom stereocenters. The van der Waals surface area contributed by atoms with Crippen molar-refractivity contribution in [2.75, 3.05) is 49.6 Å². The lowest BCUT2D eigenvalue weighted by Gasteiger charge is -2.38. The first kappa shape index (κ1) is 21.6. The lowest BCUT2D eigenvalue weighted by Crippen LogP contribution is -2.48. The van der Waals surface area contributed by atoms with E-state index in [1.54, 1.807) is 7.11 Å². The van der Waals surface area contributed by atoms with Gasteiger partial charge in [0.2, 0.25) is 0 Å². The molecule has 0 bridgehead atoms. The Balaban J connectivity index is 1.33. The maximum Gasteiger partial charge on any atom is 0.118 e. The predicted octanol–water partition coefficient (Wildman–Crippen LogP) is 6.06. The second kappa shape index (κ2) is 9.32. The van der Waals surface area contributed by atoms with Crippen LogP contribution in [0.2, 0.25) is 0 Å². The number of fused-ring (bicyclic) bond motifs is 1. The normalized spacial score (nSPS) is 16.2. The van der Waals surface area contributed by atoms with Crippen LogP contribution in [0.3, 0.4) is 0 Å². The number of anilines is 3. The highest BCUT2D eigenvalue weighted by Crippen LogP contribution is 2.36. The van der Waals surface area contributed by atoms with Crippen LogP contribution in [0.1, 0.15) is 19.4 Å². The standard InChI is InChI=1S/C29H33N3O/c1-22(2)30-17-19-31(20-18-30)26-9-11-27(12-10-26)32-16-4-5-25-21-24(8-15-29(25)32)23-6-13-28(33-3)14-7-23/h4-15,21-22H,16-20H2,1-3H3. The van der Waals surface area contributed by atoms with Gasteiger partial charge in [-0.15, -0.1) is 0 Å². The van der Waals surface area contributed by atoms with Crippen molar-refractivity contribution in [3.63, 3.8) is 0 Å². The fourth-order valence-electron chi connectivity index (χ4n) is 4.86. The summed E-state index contributed by atoms with van der Waals surface area (Å²) in [5.41, 5.74) is 7.49. The van der Waals surface area contributed by atoms with Crippen molar-refractivity contribution < 1.29 is 4.74 Å². The molecular weight excluding hydrogens is 406 g/mol. The number of hydrogen-bond acceptors (Lipinski definition) is 4. The molecule has 3 aromatic rings. The quantitative estimate of drug-likeness (QED) is 0.481. The molecule has 1 fully saturated rings. The van der Waals surface area contributed by atoms with Gasteiger partial charge >= 0.3 is 0 Å². The summed E-state index contributed by atoms with van der Waals surface area (Å²) >= 11 is 0. The zero-order valence-corrected chi connectivity index (χ0v) is 19.9. The first-order valence-electron chi connectivity index (χ1n) is 11.9. The third-order valence-electron chi connectivity index (χ3n) is 6.90. The van der Waals surface area contributed by atoms with E-state index in [2.05, 4.69) is 95.3 Å². The van der Waals surface area contributed by atoms with E-state index in [-0.39, 0.29) is 0 Å². The topological polar surface area (TPSA) is 19.0 Å². The molecule has 0 aliphatic carbocycles. The average Bonchev–Trinajstić information content (AvgIpc) is 2.88. The summed E-state index contributed by atoms with van der Waals surface area (Å²) in [6.45, 7) is 9.94. The highest BCUT2D eigenvalue weighted by Gasteiger charge is 2.20. The van der Waals surface area contributed by atoms with Crippen LogP contribution < -0.4 is 14.5 Å². The number of benzene rings is 3. The van der Waals surface area contributed by atoms with Gasteiger partial charge in [-0.05, 0) is 79.1 Å². The Bertz CT molecular complexity index is 1110. The van der Waals surface area contributed by atoms with Crippen LogP contribution in [0, 0.1) is 0 Å². The fourth-order valence-corrected chi connectivity index (χ4v) is 4.86. The van der Waals surface area contributed by atoms with E-state index in [4.69, 9.17) is 4.74 Å². The molecule has 0 amide bonds. The molecule has 2 aliphatic heterocycles. The third-order valence-corrected chi connectivity index (χ3v) is 6.90. The summed E-state index contributed by atoms with van der Waals surface area (Å²) in [5, 5.41) is 0. The molecule has 1 saturated heterocycles. The minimum atomic E-state index is 0.631. The van der Waals surface area contributed by atoms with Crippen LogP contribution in [0.5, 0.6) is 5.75 Å². The maximum atomic E-state index is 5.30. The molecule has 2 aliphatic rings. The van der Waals surface area contributed by atoms with Crippen molar-refractivity contribution in [3.8, 4) is 16.9 Å². The fraction of sp³-hybridized carbons (Fsp3) is 0.310. The molecule has 5 rings (SSSR count). The summed E-state index contributed by atoms with van der Waals surface area (Å²) in [6, 6.07) is 24.7. The highest BCUT2D eigenvalue weighted by molar-refractivity contribution is 5.82. The van der Waals surface area contributed by atoms with Crippen LogP contribution >= 0.6 is 0 Å². The number of ether oxygens (including phenoxy) is 1. The summed E-state index contributed by atoms with van der Waals surface area (Å²) in [7, 11) is 1.70. The van der Waals surface area contributed by atoms with Gasteiger partial charge in [-0.2, -0.15) is 0 Å². The van der Waals surface area contributed by atoms with Gasteiger partial charge < -0.3 is 14.5 Å². The SMILES string of the molecule is COc1ccc(-c2ccc3c(c2)C=CCN3c2ccc(N3CCN(C(C)C)CC3)cc2)cc1. The van der Waals surface area contributed by atoms with Crippen LogP contribution in [0.25, 0.3) is 17.2 Å². The van der Waals surface area contributed by atoms with E-state index >= 15 is 0 Å². The monoisotopic (exact) mass is 439 g/mol. The van der Waals surface area contributed by atoms with Gasteiger partial charge in [-0.25, -0.2) is 0 Å². The van der Waals surface area contributed by atoms with Gasteiger partial charge in [-0.3, -0.25) is 4.90 Å². The summed E-state index contributed by atoms with van der Waals surface area (Å²) in [6.07, 6.45) is 4.49. The smallest absolute Gasteiger partial charge is 0.118 e. The van der Waals surface area contributed by atoms with E-state index in [0.29, 0.717) is 6.04 Å². The second-order valence-corrected chi connectivity index (χ2v) is 9.15. The minimum Gasteiger partial charge on any atom is -0.497 e. The van der Waals surface area contributed by atoms with Gasteiger partial charge in [0.15, 0.2) is 0 Å². The lowest BCUT2D eigenvalue weighted by atomic mass is 9.99. The Morgan fingerprint density at radius 2 is 1.42 bits per heavy atom. The van der Waals surface area contributed by atoms with Crippen LogP contribution in [-0.2, 0) is 0 Å². The van der Waals surface area contributed by atoms with Gasteiger partial charge in [-0.1, -0.05) is 30.4 Å². The first-order valence-corrected chi connectivity index (χ1v) is 11.9. The molecule has 3 aromatic carbocycles. The molecule has 0 radical (unpaired) electrons. The number of methoxy groups -OCH3 is 1. The Labute approximate surface area is 197 Å². The van der Waals surface area contributed by atoms with Crippen LogP contribution in [0.4, 0.5) is 17.1 Å².